The molecule has 2 aromatic carbocycles. The molecule has 29 heavy (non-hydrogen) atoms. The Kier molecular flexibility index (Phi) is 5.43. The second-order valence-electron chi connectivity index (χ2n) is 7.51. The molecule has 3 aromatic rings. The highest BCUT2D eigenvalue weighted by molar-refractivity contribution is 5.80. The van der Waals surface area contributed by atoms with E-state index in [1.54, 1.807) is 7.11 Å². The van der Waals surface area contributed by atoms with Gasteiger partial charge in [-0.25, -0.2) is 4.98 Å². The van der Waals surface area contributed by atoms with Gasteiger partial charge < -0.3 is 19.4 Å². The summed E-state index contributed by atoms with van der Waals surface area (Å²) in [6, 6.07) is 11.9. The van der Waals surface area contributed by atoms with Crippen molar-refractivity contribution in [1.29, 1.82) is 0 Å². The van der Waals surface area contributed by atoms with Gasteiger partial charge in [0.2, 0.25) is 5.91 Å². The molecule has 1 atom stereocenters. The van der Waals surface area contributed by atoms with Crippen molar-refractivity contribution >= 4 is 16.9 Å². The number of carbonyl (C=O) groups is 1. The van der Waals surface area contributed by atoms with Gasteiger partial charge in [-0.2, -0.15) is 0 Å². The SMILES string of the molecule is CCN(CCc1nc2c(C)cccc2[nH]1)C(=O)C1COc2ccc(OC)cc2C1. The van der Waals surface area contributed by atoms with Gasteiger partial charge in [-0.05, 0) is 55.7 Å². The molecule has 0 saturated heterocycles. The lowest BCUT2D eigenvalue weighted by Gasteiger charge is -2.30. The van der Waals surface area contributed by atoms with Gasteiger partial charge in [0.25, 0.3) is 0 Å². The Balaban J connectivity index is 1.43. The van der Waals surface area contributed by atoms with E-state index < -0.39 is 0 Å². The molecule has 6 nitrogen and oxygen atoms in total. The maximum atomic E-state index is 13.1. The van der Waals surface area contributed by atoms with Gasteiger partial charge in [0.05, 0.1) is 24.1 Å². The second kappa shape index (κ2) is 8.15. The first kappa shape index (κ1) is 19.3. The van der Waals surface area contributed by atoms with E-state index in [0.717, 1.165) is 39.5 Å². The molecule has 0 saturated carbocycles. The highest BCUT2D eigenvalue weighted by atomic mass is 16.5. The number of carbonyl (C=O) groups excluding carboxylic acids is 1. The zero-order valence-corrected chi connectivity index (χ0v) is 17.2. The molecule has 1 aliphatic heterocycles. The van der Waals surface area contributed by atoms with Crippen LogP contribution in [-0.4, -0.2) is 47.6 Å². The fourth-order valence-electron chi connectivity index (χ4n) is 3.92. The van der Waals surface area contributed by atoms with Crippen LogP contribution in [0.4, 0.5) is 0 Å². The molecule has 2 heterocycles. The third kappa shape index (κ3) is 3.92. The minimum absolute atomic E-state index is 0.133. The molecule has 4 rings (SSSR count). The number of amides is 1. The molecule has 1 aromatic heterocycles. The molecule has 0 bridgehead atoms. The monoisotopic (exact) mass is 393 g/mol. The number of likely N-dealkylation sites (N-methyl/N-ethyl adjacent to an activating group) is 1. The van der Waals surface area contributed by atoms with Crippen molar-refractivity contribution in [1.82, 2.24) is 14.9 Å². The molecule has 0 aliphatic carbocycles. The maximum absolute atomic E-state index is 13.1. The van der Waals surface area contributed by atoms with Crippen molar-refractivity contribution in [3.8, 4) is 11.5 Å². The molecule has 1 N–H and O–H groups in total. The average Bonchev–Trinajstić information content (AvgIpc) is 3.17. The first-order valence-corrected chi connectivity index (χ1v) is 10.1. The number of aryl methyl sites for hydroxylation is 1. The number of aromatic amines is 1. The van der Waals surface area contributed by atoms with Gasteiger partial charge in [0, 0.05) is 19.5 Å². The molecule has 1 amide bonds. The largest absolute Gasteiger partial charge is 0.497 e. The van der Waals surface area contributed by atoms with Crippen LogP contribution in [0.2, 0.25) is 0 Å². The molecule has 152 valence electrons. The minimum atomic E-state index is -0.174. The Hall–Kier alpha value is -3.02. The lowest BCUT2D eigenvalue weighted by molar-refractivity contribution is -0.136. The van der Waals surface area contributed by atoms with Gasteiger partial charge in [-0.1, -0.05) is 12.1 Å². The van der Waals surface area contributed by atoms with E-state index >= 15 is 0 Å². The first-order chi connectivity index (χ1) is 14.1. The van der Waals surface area contributed by atoms with Gasteiger partial charge >= 0.3 is 0 Å². The molecule has 0 radical (unpaired) electrons. The lowest BCUT2D eigenvalue weighted by atomic mass is 9.95. The van der Waals surface area contributed by atoms with Crippen LogP contribution in [0.15, 0.2) is 36.4 Å². The number of methoxy groups -OCH3 is 1. The Morgan fingerprint density at radius 3 is 2.97 bits per heavy atom. The summed E-state index contributed by atoms with van der Waals surface area (Å²) in [5.41, 5.74) is 4.23. The normalized spacial score (nSPS) is 15.6. The van der Waals surface area contributed by atoms with E-state index in [1.807, 2.05) is 42.2 Å². The molecular weight excluding hydrogens is 366 g/mol. The topological polar surface area (TPSA) is 67.5 Å². The number of nitrogens with zero attached hydrogens (tertiary/aromatic N) is 2. The zero-order chi connectivity index (χ0) is 20.4. The number of fused-ring (bicyclic) bond motifs is 2. The predicted octanol–water partition coefficient (Wildman–Crippen LogP) is 3.52. The van der Waals surface area contributed by atoms with Crippen LogP contribution in [0, 0.1) is 12.8 Å². The number of para-hydroxylation sites is 1. The van der Waals surface area contributed by atoms with E-state index in [0.29, 0.717) is 32.5 Å². The molecule has 1 aliphatic rings. The third-order valence-corrected chi connectivity index (χ3v) is 5.60. The fraction of sp³-hybridized carbons (Fsp3) is 0.391. The Morgan fingerprint density at radius 2 is 2.21 bits per heavy atom. The average molecular weight is 393 g/mol. The van der Waals surface area contributed by atoms with Crippen LogP contribution < -0.4 is 9.47 Å². The molecule has 0 spiro atoms. The van der Waals surface area contributed by atoms with E-state index in [4.69, 9.17) is 14.5 Å². The Bertz CT molecular complexity index is 1030. The predicted molar refractivity (Wildman–Crippen MR) is 112 cm³/mol. The van der Waals surface area contributed by atoms with Crippen molar-refractivity contribution in [2.75, 3.05) is 26.8 Å². The summed E-state index contributed by atoms with van der Waals surface area (Å²) in [6.07, 6.45) is 1.37. The molecule has 0 fully saturated rings. The fourth-order valence-corrected chi connectivity index (χ4v) is 3.92. The van der Waals surface area contributed by atoms with Gasteiger partial charge in [-0.15, -0.1) is 0 Å². The molecule has 6 heteroatoms. The van der Waals surface area contributed by atoms with Crippen LogP contribution in [0.1, 0.15) is 23.9 Å². The number of nitrogens with one attached hydrogen (secondary N) is 1. The highest BCUT2D eigenvalue weighted by Crippen LogP contribution is 2.31. The van der Waals surface area contributed by atoms with Crippen LogP contribution in [0.3, 0.4) is 0 Å². The maximum Gasteiger partial charge on any atom is 0.229 e. The van der Waals surface area contributed by atoms with E-state index in [-0.39, 0.29) is 11.8 Å². The molecular formula is C23H27N3O3. The summed E-state index contributed by atoms with van der Waals surface area (Å²) < 4.78 is 11.1. The number of H-pyrrole nitrogens is 1. The van der Waals surface area contributed by atoms with Crippen molar-refractivity contribution in [2.24, 2.45) is 5.92 Å². The summed E-state index contributed by atoms with van der Waals surface area (Å²) in [4.78, 5) is 23.1. The Morgan fingerprint density at radius 1 is 1.34 bits per heavy atom. The number of rotatable bonds is 6. The van der Waals surface area contributed by atoms with Crippen molar-refractivity contribution in [2.45, 2.75) is 26.7 Å². The summed E-state index contributed by atoms with van der Waals surface area (Å²) in [5, 5.41) is 0. The second-order valence-corrected chi connectivity index (χ2v) is 7.51. The van der Waals surface area contributed by atoms with E-state index in [1.165, 1.54) is 0 Å². The number of hydrogen-bond donors (Lipinski definition) is 1. The third-order valence-electron chi connectivity index (χ3n) is 5.60. The van der Waals surface area contributed by atoms with Gasteiger partial charge in [0.1, 0.15) is 23.9 Å². The number of ether oxygens (including phenoxy) is 2. The lowest BCUT2D eigenvalue weighted by Crippen LogP contribution is -2.41. The summed E-state index contributed by atoms with van der Waals surface area (Å²) in [6.45, 7) is 5.79. The number of benzene rings is 2. The summed E-state index contributed by atoms with van der Waals surface area (Å²) in [7, 11) is 1.65. The van der Waals surface area contributed by atoms with E-state index in [2.05, 4.69) is 18.0 Å². The highest BCUT2D eigenvalue weighted by Gasteiger charge is 2.29. The summed E-state index contributed by atoms with van der Waals surface area (Å²) >= 11 is 0. The van der Waals surface area contributed by atoms with Gasteiger partial charge in [-0.3, -0.25) is 4.79 Å². The quantitative estimate of drug-likeness (QED) is 0.696. The van der Waals surface area contributed by atoms with Crippen molar-refractivity contribution in [3.63, 3.8) is 0 Å². The van der Waals surface area contributed by atoms with Crippen LogP contribution in [0.5, 0.6) is 11.5 Å². The van der Waals surface area contributed by atoms with Crippen LogP contribution in [0.25, 0.3) is 11.0 Å². The minimum Gasteiger partial charge on any atom is -0.497 e. The first-order valence-electron chi connectivity index (χ1n) is 10.1. The van der Waals surface area contributed by atoms with Crippen molar-refractivity contribution in [3.05, 3.63) is 53.3 Å². The summed E-state index contributed by atoms with van der Waals surface area (Å²) in [5.74, 6) is 2.50. The Labute approximate surface area is 170 Å². The van der Waals surface area contributed by atoms with E-state index in [9.17, 15) is 4.79 Å². The number of hydrogen-bond acceptors (Lipinski definition) is 4. The zero-order valence-electron chi connectivity index (χ0n) is 17.2. The molecule has 1 unspecified atom stereocenters. The van der Waals surface area contributed by atoms with Crippen LogP contribution >= 0.6 is 0 Å². The number of imidazole rings is 1. The smallest absolute Gasteiger partial charge is 0.229 e. The van der Waals surface area contributed by atoms with Crippen LogP contribution in [-0.2, 0) is 17.6 Å². The van der Waals surface area contributed by atoms with Crippen molar-refractivity contribution < 1.29 is 14.3 Å². The number of aromatic nitrogens is 2. The van der Waals surface area contributed by atoms with Gasteiger partial charge in [0.15, 0.2) is 0 Å². The standard InChI is InChI=1S/C23H27N3O3/c1-4-26(11-10-21-24-19-7-5-6-15(2)22(19)25-21)23(27)17-12-16-13-18(28-3)8-9-20(16)29-14-17/h5-9,13,17H,4,10-12,14H2,1-3H3,(H,24,25).